The van der Waals surface area contributed by atoms with Crippen molar-refractivity contribution in [3.63, 3.8) is 0 Å². The van der Waals surface area contributed by atoms with Crippen LogP contribution < -0.4 is 16.0 Å². The van der Waals surface area contributed by atoms with Crippen LogP contribution in [0.25, 0.3) is 11.7 Å². The number of pyridine rings is 1. The molecule has 3 aromatic rings. The molecule has 0 spiro atoms. The summed E-state index contributed by atoms with van der Waals surface area (Å²) in [6.07, 6.45) is 8.24. The molecule has 1 unspecified atom stereocenters. The Kier molecular flexibility index (Phi) is 5.08. The maximum atomic E-state index is 12.2. The lowest BCUT2D eigenvalue weighted by molar-refractivity contribution is -0.130. The number of fused-ring (bicyclic) bond motifs is 1. The molecule has 2 fully saturated rings. The fraction of sp³-hybridized carbons (Fsp3) is 0.348. The van der Waals surface area contributed by atoms with E-state index in [1.54, 1.807) is 23.0 Å². The van der Waals surface area contributed by atoms with Crippen molar-refractivity contribution >= 4 is 35.2 Å². The molecule has 1 aliphatic carbocycles. The summed E-state index contributed by atoms with van der Waals surface area (Å²) < 4.78 is 1.76. The van der Waals surface area contributed by atoms with E-state index in [1.807, 2.05) is 26.0 Å². The number of carbonyl (C=O) groups is 2. The number of hydrogen-bond acceptors (Lipinski definition) is 7. The molecule has 1 atom stereocenters. The number of piperidine rings is 1. The molecule has 0 aromatic carbocycles. The third-order valence-electron chi connectivity index (χ3n) is 5.67. The first-order valence-corrected chi connectivity index (χ1v) is 10.9. The van der Waals surface area contributed by atoms with Crippen LogP contribution in [0.15, 0.2) is 36.2 Å². The summed E-state index contributed by atoms with van der Waals surface area (Å²) in [7, 11) is 0. The fourth-order valence-corrected chi connectivity index (χ4v) is 3.74. The van der Waals surface area contributed by atoms with E-state index in [0.29, 0.717) is 35.9 Å². The Bertz CT molecular complexity index is 1240. The van der Waals surface area contributed by atoms with Crippen molar-refractivity contribution < 1.29 is 9.59 Å². The van der Waals surface area contributed by atoms with Crippen LogP contribution in [0.5, 0.6) is 0 Å². The van der Waals surface area contributed by atoms with Gasteiger partial charge in [-0.3, -0.25) is 19.9 Å². The minimum Gasteiger partial charge on any atom is -0.367 e. The summed E-state index contributed by atoms with van der Waals surface area (Å²) in [6, 6.07) is 6.37. The smallest absolute Gasteiger partial charge is 0.253 e. The minimum absolute atomic E-state index is 0.0431. The molecule has 0 bridgehead atoms. The summed E-state index contributed by atoms with van der Waals surface area (Å²) in [5.41, 5.74) is 4.00. The molecule has 2 aliphatic rings. The number of amides is 2. The Balaban J connectivity index is 1.51. The van der Waals surface area contributed by atoms with Crippen molar-refractivity contribution in [2.45, 2.75) is 51.6 Å². The number of aryl methyl sites for hydroxylation is 1. The van der Waals surface area contributed by atoms with Gasteiger partial charge in [0, 0.05) is 35.9 Å². The number of imide groups is 1. The van der Waals surface area contributed by atoms with Gasteiger partial charge in [0.25, 0.3) is 5.91 Å². The number of aromatic nitrogens is 4. The van der Waals surface area contributed by atoms with Gasteiger partial charge >= 0.3 is 0 Å². The van der Waals surface area contributed by atoms with Crippen LogP contribution in [0.1, 0.15) is 55.5 Å². The Morgan fingerprint density at radius 1 is 1.25 bits per heavy atom. The third kappa shape index (κ3) is 4.18. The second-order valence-corrected chi connectivity index (χ2v) is 8.45. The number of hydrogen-bond donors (Lipinski definition) is 3. The van der Waals surface area contributed by atoms with E-state index in [4.69, 9.17) is 4.98 Å². The molecule has 9 heteroatoms. The Labute approximate surface area is 185 Å². The van der Waals surface area contributed by atoms with Crippen molar-refractivity contribution in [2.24, 2.45) is 0 Å². The standard InChI is InChI=1S/C23H25N7O2/c1-13-7-8-24-18(9-13)14(2)26-19-11-20(27-17-4-5-17)30-22(28-19)16(12-25-30)10-15-3-6-21(31)29-23(15)32/h7-12,14,17,27H,3-6H2,1-2H3,(H,26,28)(H,29,31,32). The summed E-state index contributed by atoms with van der Waals surface area (Å²) in [5, 5.41) is 13.8. The van der Waals surface area contributed by atoms with Gasteiger partial charge in [0.15, 0.2) is 5.65 Å². The third-order valence-corrected chi connectivity index (χ3v) is 5.67. The van der Waals surface area contributed by atoms with Gasteiger partial charge in [-0.25, -0.2) is 4.98 Å². The SMILES string of the molecule is Cc1ccnc(C(C)Nc2cc(NC3CC3)n3ncc(C=C4CCC(=O)NC4=O)c3n2)c1. The topological polar surface area (TPSA) is 113 Å². The molecular weight excluding hydrogens is 406 g/mol. The molecule has 3 aromatic heterocycles. The molecule has 164 valence electrons. The van der Waals surface area contributed by atoms with E-state index in [0.717, 1.165) is 35.5 Å². The molecule has 32 heavy (non-hydrogen) atoms. The predicted octanol–water partition coefficient (Wildman–Crippen LogP) is 3.00. The second kappa shape index (κ2) is 8.07. The first-order chi connectivity index (χ1) is 15.5. The number of rotatable bonds is 6. The lowest BCUT2D eigenvalue weighted by Crippen LogP contribution is -2.35. The van der Waals surface area contributed by atoms with Crippen LogP contribution in [0.3, 0.4) is 0 Å². The van der Waals surface area contributed by atoms with Crippen molar-refractivity contribution in [3.8, 4) is 0 Å². The van der Waals surface area contributed by atoms with Crippen molar-refractivity contribution in [3.05, 3.63) is 53.0 Å². The monoisotopic (exact) mass is 431 g/mol. The van der Waals surface area contributed by atoms with Crippen LogP contribution >= 0.6 is 0 Å². The zero-order valence-corrected chi connectivity index (χ0v) is 18.1. The predicted molar refractivity (Wildman–Crippen MR) is 121 cm³/mol. The average Bonchev–Trinajstić information content (AvgIpc) is 3.48. The minimum atomic E-state index is -0.356. The van der Waals surface area contributed by atoms with Crippen LogP contribution in [-0.4, -0.2) is 37.4 Å². The molecule has 4 heterocycles. The van der Waals surface area contributed by atoms with Gasteiger partial charge in [0.1, 0.15) is 11.6 Å². The molecule has 2 amide bonds. The Morgan fingerprint density at radius 3 is 2.84 bits per heavy atom. The Morgan fingerprint density at radius 2 is 2.09 bits per heavy atom. The molecule has 1 aliphatic heterocycles. The lowest BCUT2D eigenvalue weighted by Gasteiger charge is -2.17. The van der Waals surface area contributed by atoms with Gasteiger partial charge in [-0.05, 0) is 56.9 Å². The molecular formula is C23H25N7O2. The van der Waals surface area contributed by atoms with Gasteiger partial charge in [-0.15, -0.1) is 0 Å². The van der Waals surface area contributed by atoms with Crippen LogP contribution in [0, 0.1) is 6.92 Å². The largest absolute Gasteiger partial charge is 0.367 e. The highest BCUT2D eigenvalue weighted by Gasteiger charge is 2.24. The van der Waals surface area contributed by atoms with E-state index in [9.17, 15) is 9.59 Å². The highest BCUT2D eigenvalue weighted by molar-refractivity contribution is 6.09. The van der Waals surface area contributed by atoms with Gasteiger partial charge in [-0.1, -0.05) is 0 Å². The normalized spacial score (nSPS) is 18.6. The first-order valence-electron chi connectivity index (χ1n) is 10.9. The van der Waals surface area contributed by atoms with Crippen LogP contribution in [-0.2, 0) is 9.59 Å². The van der Waals surface area contributed by atoms with E-state index < -0.39 is 0 Å². The summed E-state index contributed by atoms with van der Waals surface area (Å²) >= 11 is 0. The number of anilines is 2. The summed E-state index contributed by atoms with van der Waals surface area (Å²) in [5.74, 6) is 0.939. The van der Waals surface area contributed by atoms with E-state index in [-0.39, 0.29) is 17.9 Å². The number of nitrogens with one attached hydrogen (secondary N) is 3. The Hall–Kier alpha value is -3.75. The van der Waals surface area contributed by atoms with Crippen LogP contribution in [0.4, 0.5) is 11.6 Å². The van der Waals surface area contributed by atoms with E-state index in [1.165, 1.54) is 0 Å². The summed E-state index contributed by atoms with van der Waals surface area (Å²) in [6.45, 7) is 4.09. The molecule has 0 radical (unpaired) electrons. The van der Waals surface area contributed by atoms with Gasteiger partial charge in [0.05, 0.1) is 17.9 Å². The number of nitrogens with zero attached hydrogens (tertiary/aromatic N) is 4. The van der Waals surface area contributed by atoms with E-state index in [2.05, 4.69) is 32.1 Å². The molecule has 9 nitrogen and oxygen atoms in total. The lowest BCUT2D eigenvalue weighted by atomic mass is 10.0. The second-order valence-electron chi connectivity index (χ2n) is 8.45. The maximum absolute atomic E-state index is 12.2. The van der Waals surface area contributed by atoms with Crippen molar-refractivity contribution in [2.75, 3.05) is 10.6 Å². The van der Waals surface area contributed by atoms with Crippen molar-refractivity contribution in [1.82, 2.24) is 24.9 Å². The number of carbonyl (C=O) groups excluding carboxylic acids is 2. The maximum Gasteiger partial charge on any atom is 0.253 e. The van der Waals surface area contributed by atoms with Gasteiger partial charge in [-0.2, -0.15) is 9.61 Å². The van der Waals surface area contributed by atoms with Gasteiger partial charge in [0.2, 0.25) is 5.91 Å². The first kappa shape index (κ1) is 20.2. The molecule has 5 rings (SSSR count). The molecule has 1 saturated carbocycles. The highest BCUT2D eigenvalue weighted by atomic mass is 16.2. The zero-order valence-electron chi connectivity index (χ0n) is 18.1. The van der Waals surface area contributed by atoms with Gasteiger partial charge < -0.3 is 10.6 Å². The van der Waals surface area contributed by atoms with Crippen LogP contribution in [0.2, 0.25) is 0 Å². The fourth-order valence-electron chi connectivity index (χ4n) is 3.74. The zero-order chi connectivity index (χ0) is 22.2. The summed E-state index contributed by atoms with van der Waals surface area (Å²) in [4.78, 5) is 32.9. The quantitative estimate of drug-likeness (QED) is 0.406. The average molecular weight is 432 g/mol. The molecule has 1 saturated heterocycles. The highest BCUT2D eigenvalue weighted by Crippen LogP contribution is 2.29. The molecule has 3 N–H and O–H groups in total. The van der Waals surface area contributed by atoms with Crippen molar-refractivity contribution in [1.29, 1.82) is 0 Å². The van der Waals surface area contributed by atoms with E-state index >= 15 is 0 Å².